The van der Waals surface area contributed by atoms with E-state index in [0.717, 1.165) is 0 Å². The summed E-state index contributed by atoms with van der Waals surface area (Å²) in [7, 11) is -3.66. The highest BCUT2D eigenvalue weighted by Gasteiger charge is 2.72. The van der Waals surface area contributed by atoms with Gasteiger partial charge in [0.15, 0.2) is 12.6 Å². The van der Waals surface area contributed by atoms with Crippen molar-refractivity contribution in [3.8, 4) is 0 Å². The first kappa shape index (κ1) is 45.6. The number of aliphatic hydroxyl groups is 8. The van der Waals surface area contributed by atoms with E-state index in [4.69, 9.17) is 27.9 Å². The van der Waals surface area contributed by atoms with Crippen LogP contribution >= 0.6 is 0 Å². The molecule has 0 radical (unpaired) electrons. The molecule has 0 aromatic rings. The maximum atomic E-state index is 12.8. The van der Waals surface area contributed by atoms with E-state index in [9.17, 15) is 53.8 Å². The van der Waals surface area contributed by atoms with Crippen molar-refractivity contribution >= 4 is 10.4 Å². The molecule has 4 saturated carbocycles. The van der Waals surface area contributed by atoms with Crippen LogP contribution in [0.3, 0.4) is 0 Å². The third-order valence-corrected chi connectivity index (χ3v) is 15.7. The maximum Gasteiger partial charge on any atom is 0.397 e. The summed E-state index contributed by atoms with van der Waals surface area (Å²) in [6.07, 6.45) is -8.10. The molecular formula is C39H66O17S. The van der Waals surface area contributed by atoms with Crippen LogP contribution < -0.4 is 0 Å². The minimum atomic E-state index is -4.98. The van der Waals surface area contributed by atoms with Gasteiger partial charge in [0.25, 0.3) is 0 Å². The number of ether oxygens (including phenoxy) is 5. The van der Waals surface area contributed by atoms with Gasteiger partial charge in [-0.25, -0.2) is 4.18 Å². The smallest absolute Gasteiger partial charge is 0.393 e. The number of methoxy groups -OCH3 is 1. The monoisotopic (exact) mass is 838 g/mol. The van der Waals surface area contributed by atoms with E-state index in [1.165, 1.54) is 7.11 Å². The van der Waals surface area contributed by atoms with Gasteiger partial charge >= 0.3 is 10.4 Å². The zero-order chi connectivity index (χ0) is 42.0. The van der Waals surface area contributed by atoms with Gasteiger partial charge in [0.1, 0.15) is 36.6 Å². The van der Waals surface area contributed by atoms with Crippen LogP contribution in [0.5, 0.6) is 0 Å². The van der Waals surface area contributed by atoms with E-state index in [2.05, 4.69) is 26.0 Å². The predicted octanol–water partition coefficient (Wildman–Crippen LogP) is -0.102. The summed E-state index contributed by atoms with van der Waals surface area (Å²) < 4.78 is 67.7. The lowest BCUT2D eigenvalue weighted by Gasteiger charge is -2.66. The Balaban J connectivity index is 1.12. The molecule has 22 atom stereocenters. The summed E-state index contributed by atoms with van der Waals surface area (Å²) >= 11 is 0. The molecule has 330 valence electrons. The Morgan fingerprint density at radius 2 is 1.42 bits per heavy atom. The second-order valence-corrected chi connectivity index (χ2v) is 19.7. The van der Waals surface area contributed by atoms with Crippen molar-refractivity contribution in [2.45, 2.75) is 152 Å². The van der Waals surface area contributed by atoms with E-state index < -0.39 is 118 Å². The highest BCUT2D eigenvalue weighted by molar-refractivity contribution is 7.80. The summed E-state index contributed by atoms with van der Waals surface area (Å²) in [6.45, 7) is 9.82. The molecule has 0 spiro atoms. The minimum absolute atomic E-state index is 0.0152. The fraction of sp³-hybridized carbons (Fsp3) is 0.949. The molecule has 15 unspecified atom stereocenters. The van der Waals surface area contributed by atoms with Crippen molar-refractivity contribution in [1.29, 1.82) is 0 Å². The van der Waals surface area contributed by atoms with E-state index in [1.54, 1.807) is 0 Å². The number of rotatable bonds is 12. The van der Waals surface area contributed by atoms with Crippen LogP contribution in [0.15, 0.2) is 12.2 Å². The zero-order valence-electron chi connectivity index (χ0n) is 33.7. The standard InChI is InChI=1S/C39H66O17S/c1-18(20(3)15-52-35-33(31(46)25(43)16-53-35)55-36-32(51-6)30(45)24(42)17-54-36)7-8-19(2)21-13-23(41)34-37(21,4)12-10-27-38(5)11-9-22(40)29(44)28(38)26(14-39(27,34)47)56-57(48,49)50/h7-8,18-36,40-47H,9-17H2,1-6H3,(H,48,49,50)/b8-7+/t18?,19-,20?,21-,22+,23?,24?,25?,26?,27?,28?,29+,30?,31?,32?,33?,34?,35?,36?,37-,38-,39+/m1/s1. The van der Waals surface area contributed by atoms with Crippen molar-refractivity contribution in [1.82, 2.24) is 0 Å². The van der Waals surface area contributed by atoms with Crippen LogP contribution in [-0.4, -0.2) is 160 Å². The number of allylic oxidation sites excluding steroid dienone is 2. The predicted molar refractivity (Wildman–Crippen MR) is 199 cm³/mol. The van der Waals surface area contributed by atoms with Gasteiger partial charge < -0.3 is 64.5 Å². The quantitative estimate of drug-likeness (QED) is 0.0917. The zero-order valence-corrected chi connectivity index (χ0v) is 34.5. The Morgan fingerprint density at radius 1 is 0.807 bits per heavy atom. The minimum Gasteiger partial charge on any atom is -0.393 e. The molecule has 2 heterocycles. The van der Waals surface area contributed by atoms with Gasteiger partial charge in [0.2, 0.25) is 0 Å². The molecule has 0 aromatic carbocycles. The van der Waals surface area contributed by atoms with Gasteiger partial charge in [0.05, 0.1) is 49.8 Å². The molecule has 6 rings (SSSR count). The summed E-state index contributed by atoms with van der Waals surface area (Å²) in [5.74, 6) is -2.10. The summed E-state index contributed by atoms with van der Waals surface area (Å²) in [6, 6.07) is 0. The molecule has 9 N–H and O–H groups in total. The van der Waals surface area contributed by atoms with Crippen molar-refractivity contribution in [2.24, 2.45) is 52.3 Å². The Bertz CT molecular complexity index is 1520. The molecular weight excluding hydrogens is 772 g/mol. The molecule has 0 amide bonds. The molecule has 6 aliphatic rings. The number of hydrogen-bond donors (Lipinski definition) is 9. The third kappa shape index (κ3) is 8.51. The molecule has 17 nitrogen and oxygen atoms in total. The van der Waals surface area contributed by atoms with Gasteiger partial charge in [-0.2, -0.15) is 8.42 Å². The molecule has 0 bridgehead atoms. The van der Waals surface area contributed by atoms with Gasteiger partial charge in [-0.15, -0.1) is 0 Å². The van der Waals surface area contributed by atoms with Crippen LogP contribution in [0.2, 0.25) is 0 Å². The van der Waals surface area contributed by atoms with E-state index in [1.807, 2.05) is 20.8 Å². The number of hydrogen-bond acceptors (Lipinski definition) is 16. The Kier molecular flexibility index (Phi) is 13.7. The Labute approximate surface area is 335 Å². The highest BCUT2D eigenvalue weighted by atomic mass is 32.3. The fourth-order valence-electron chi connectivity index (χ4n) is 12.1. The lowest BCUT2D eigenvalue weighted by atomic mass is 9.41. The third-order valence-electron chi connectivity index (χ3n) is 15.2. The normalized spacial score (nSPS) is 50.8. The van der Waals surface area contributed by atoms with Crippen molar-refractivity contribution in [3.63, 3.8) is 0 Å². The fourth-order valence-corrected chi connectivity index (χ4v) is 12.6. The van der Waals surface area contributed by atoms with Gasteiger partial charge in [-0.3, -0.25) is 4.55 Å². The average molecular weight is 839 g/mol. The molecule has 18 heteroatoms. The Morgan fingerprint density at radius 3 is 2.05 bits per heavy atom. The molecule has 2 aliphatic heterocycles. The van der Waals surface area contributed by atoms with Crippen LogP contribution in [-0.2, 0) is 38.3 Å². The first-order valence-electron chi connectivity index (χ1n) is 20.4. The molecule has 6 fully saturated rings. The number of fused-ring (bicyclic) bond motifs is 5. The SMILES string of the molecule is COC1C(OC2C(OCC(C)C(C)/C=C/[C@@H](C)[C@H]3CC(O)C4[C@]5(O)CC(OS(=O)(=O)O)C6[C@@H](O)[C@@H](O)CC[C@]6(C)C5CC[C@@]43C)OCC(O)C2O)OCC(O)C1O. The average Bonchev–Trinajstić information content (AvgIpc) is 3.41. The largest absolute Gasteiger partial charge is 0.397 e. The van der Waals surface area contributed by atoms with E-state index >= 15 is 0 Å². The maximum absolute atomic E-state index is 12.8. The van der Waals surface area contributed by atoms with Crippen LogP contribution in [0, 0.1) is 52.3 Å². The first-order chi connectivity index (χ1) is 26.6. The molecule has 4 aliphatic carbocycles. The Hall–Kier alpha value is -0.910. The summed E-state index contributed by atoms with van der Waals surface area (Å²) in [5.41, 5.74) is -2.97. The lowest BCUT2D eigenvalue weighted by molar-refractivity contribution is -0.346. The first-order valence-corrected chi connectivity index (χ1v) is 21.8. The van der Waals surface area contributed by atoms with Gasteiger partial charge in [-0.1, -0.05) is 46.8 Å². The van der Waals surface area contributed by atoms with E-state index in [0.29, 0.717) is 25.7 Å². The molecule has 2 saturated heterocycles. The summed E-state index contributed by atoms with van der Waals surface area (Å²) in [4.78, 5) is 0. The van der Waals surface area contributed by atoms with Crippen LogP contribution in [0.25, 0.3) is 0 Å². The molecule has 0 aromatic heterocycles. The second-order valence-electron chi connectivity index (χ2n) is 18.6. The van der Waals surface area contributed by atoms with E-state index in [-0.39, 0.29) is 56.3 Å². The summed E-state index contributed by atoms with van der Waals surface area (Å²) in [5, 5.41) is 87.8. The lowest BCUT2D eigenvalue weighted by Crippen LogP contribution is -2.71. The highest BCUT2D eigenvalue weighted by Crippen LogP contribution is 2.70. The second kappa shape index (κ2) is 17.1. The van der Waals surface area contributed by atoms with Gasteiger partial charge in [-0.05, 0) is 72.5 Å². The van der Waals surface area contributed by atoms with Crippen LogP contribution in [0.1, 0.15) is 73.1 Å². The molecule has 57 heavy (non-hydrogen) atoms. The number of aliphatic hydroxyl groups excluding tert-OH is 7. The van der Waals surface area contributed by atoms with Crippen molar-refractivity contribution in [2.75, 3.05) is 26.9 Å². The topological polar surface area (TPSA) is 272 Å². The van der Waals surface area contributed by atoms with Crippen molar-refractivity contribution in [3.05, 3.63) is 12.2 Å². The van der Waals surface area contributed by atoms with Crippen LogP contribution in [0.4, 0.5) is 0 Å². The van der Waals surface area contributed by atoms with Crippen molar-refractivity contribution < 1.29 is 81.7 Å². The van der Waals surface area contributed by atoms with Gasteiger partial charge in [0, 0.05) is 25.4 Å².